The normalized spacial score (nSPS) is 21.2. The van der Waals surface area contributed by atoms with E-state index in [9.17, 15) is 0 Å². The largest absolute Gasteiger partial charge is 0.329 e. The Labute approximate surface area is 110 Å². The minimum absolute atomic E-state index is 0.424. The average Bonchev–Trinajstić information content (AvgIpc) is 3.27. The molecular weight excluding hydrogens is 220 g/mol. The van der Waals surface area contributed by atoms with Crippen molar-refractivity contribution in [2.45, 2.75) is 31.7 Å². The number of benzene rings is 1. The fourth-order valence-corrected chi connectivity index (χ4v) is 2.76. The van der Waals surface area contributed by atoms with Crippen molar-refractivity contribution in [3.8, 4) is 0 Å². The third-order valence-electron chi connectivity index (χ3n) is 4.23. The first kappa shape index (κ1) is 12.2. The molecule has 1 atom stereocenters. The highest BCUT2D eigenvalue weighted by Gasteiger charge is 2.32. The maximum atomic E-state index is 6.06. The third-order valence-corrected chi connectivity index (χ3v) is 4.23. The summed E-state index contributed by atoms with van der Waals surface area (Å²) in [5.41, 5.74) is 7.45. The highest BCUT2D eigenvalue weighted by atomic mass is 15.2. The van der Waals surface area contributed by atoms with Crippen LogP contribution in [0.5, 0.6) is 0 Å². The van der Waals surface area contributed by atoms with Crippen molar-refractivity contribution in [1.82, 2.24) is 4.90 Å². The third kappa shape index (κ3) is 3.12. The predicted molar refractivity (Wildman–Crippen MR) is 75.3 cm³/mol. The van der Waals surface area contributed by atoms with E-state index in [0.717, 1.165) is 18.4 Å². The summed E-state index contributed by atoms with van der Waals surface area (Å²) in [6.07, 6.45) is 5.70. The molecule has 3 rings (SSSR count). The first-order valence-corrected chi connectivity index (χ1v) is 7.36. The quantitative estimate of drug-likeness (QED) is 0.799. The Balaban J connectivity index is 1.71. The van der Waals surface area contributed by atoms with Crippen LogP contribution in [0.4, 0.5) is 0 Å². The van der Waals surface area contributed by atoms with Gasteiger partial charge in [0.25, 0.3) is 0 Å². The van der Waals surface area contributed by atoms with Crippen LogP contribution in [0, 0.1) is 11.8 Å². The highest BCUT2D eigenvalue weighted by molar-refractivity contribution is 5.19. The molecule has 98 valence electrons. The van der Waals surface area contributed by atoms with Gasteiger partial charge < -0.3 is 5.73 Å². The summed E-state index contributed by atoms with van der Waals surface area (Å²) in [5, 5.41) is 0. The van der Waals surface area contributed by atoms with Gasteiger partial charge in [0, 0.05) is 25.7 Å². The molecule has 2 heteroatoms. The fraction of sp³-hybridized carbons (Fsp3) is 0.625. The lowest BCUT2D eigenvalue weighted by Gasteiger charge is -2.31. The fourth-order valence-electron chi connectivity index (χ4n) is 2.76. The van der Waals surface area contributed by atoms with Crippen LogP contribution < -0.4 is 5.73 Å². The summed E-state index contributed by atoms with van der Waals surface area (Å²) in [6.45, 7) is 3.25. The van der Waals surface area contributed by atoms with Gasteiger partial charge in [0.05, 0.1) is 0 Å². The molecule has 0 bridgehead atoms. The lowest BCUT2D eigenvalue weighted by atomic mass is 10.0. The summed E-state index contributed by atoms with van der Waals surface area (Å²) in [4.78, 5) is 2.66. The van der Waals surface area contributed by atoms with Gasteiger partial charge >= 0.3 is 0 Å². The van der Waals surface area contributed by atoms with Crippen LogP contribution in [-0.4, -0.2) is 24.5 Å². The van der Waals surface area contributed by atoms with Gasteiger partial charge in [0.15, 0.2) is 0 Å². The van der Waals surface area contributed by atoms with Gasteiger partial charge in [0.1, 0.15) is 0 Å². The second kappa shape index (κ2) is 5.41. The number of nitrogens with two attached hydrogens (primary N) is 1. The van der Waals surface area contributed by atoms with E-state index in [-0.39, 0.29) is 0 Å². The number of nitrogens with zero attached hydrogens (tertiary/aromatic N) is 1. The molecule has 2 nitrogen and oxygen atoms in total. The average molecular weight is 244 g/mol. The Morgan fingerprint density at radius 3 is 2.00 bits per heavy atom. The number of hydrogen-bond acceptors (Lipinski definition) is 2. The van der Waals surface area contributed by atoms with E-state index >= 15 is 0 Å². The molecule has 0 aliphatic heterocycles. The van der Waals surface area contributed by atoms with Crippen LogP contribution in [0.15, 0.2) is 30.3 Å². The molecule has 0 aromatic heterocycles. The van der Waals surface area contributed by atoms with E-state index in [0.29, 0.717) is 6.04 Å². The Hall–Kier alpha value is -0.860. The van der Waals surface area contributed by atoms with Gasteiger partial charge in [-0.1, -0.05) is 30.3 Å². The zero-order valence-corrected chi connectivity index (χ0v) is 11.1. The molecular formula is C16H24N2. The standard InChI is InChI=1S/C16H24N2/c17-10-16(15-4-2-1-3-5-15)18(11-13-6-7-13)12-14-8-9-14/h1-5,13-14,16H,6-12,17H2. The monoisotopic (exact) mass is 244 g/mol. The molecule has 18 heavy (non-hydrogen) atoms. The van der Waals surface area contributed by atoms with E-state index in [1.807, 2.05) is 0 Å². The van der Waals surface area contributed by atoms with Crippen molar-refractivity contribution in [3.05, 3.63) is 35.9 Å². The molecule has 0 spiro atoms. The molecule has 1 unspecified atom stereocenters. The van der Waals surface area contributed by atoms with Crippen LogP contribution in [0.25, 0.3) is 0 Å². The molecule has 1 aromatic rings. The zero-order chi connectivity index (χ0) is 12.4. The maximum Gasteiger partial charge on any atom is 0.0470 e. The van der Waals surface area contributed by atoms with Crippen molar-refractivity contribution in [1.29, 1.82) is 0 Å². The van der Waals surface area contributed by atoms with Gasteiger partial charge in [-0.25, -0.2) is 0 Å². The van der Waals surface area contributed by atoms with E-state index in [1.54, 1.807) is 0 Å². The smallest absolute Gasteiger partial charge is 0.0470 e. The first-order valence-electron chi connectivity index (χ1n) is 7.36. The summed E-state index contributed by atoms with van der Waals surface area (Å²) in [5.74, 6) is 1.89. The molecule has 2 aliphatic carbocycles. The summed E-state index contributed by atoms with van der Waals surface area (Å²) in [6, 6.07) is 11.2. The summed E-state index contributed by atoms with van der Waals surface area (Å²) in [7, 11) is 0. The maximum absolute atomic E-state index is 6.06. The summed E-state index contributed by atoms with van der Waals surface area (Å²) >= 11 is 0. The zero-order valence-electron chi connectivity index (χ0n) is 11.1. The van der Waals surface area contributed by atoms with Crippen molar-refractivity contribution in [3.63, 3.8) is 0 Å². The Morgan fingerprint density at radius 1 is 1.00 bits per heavy atom. The lowest BCUT2D eigenvalue weighted by Crippen LogP contribution is -2.36. The highest BCUT2D eigenvalue weighted by Crippen LogP contribution is 2.36. The molecule has 2 saturated carbocycles. The molecule has 2 fully saturated rings. The molecule has 2 N–H and O–H groups in total. The van der Waals surface area contributed by atoms with E-state index in [4.69, 9.17) is 5.73 Å². The Kier molecular flexibility index (Phi) is 3.67. The van der Waals surface area contributed by atoms with Crippen LogP contribution in [-0.2, 0) is 0 Å². The molecule has 0 heterocycles. The van der Waals surface area contributed by atoms with Gasteiger partial charge in [-0.05, 0) is 43.1 Å². The predicted octanol–water partition coefficient (Wildman–Crippen LogP) is 2.81. The van der Waals surface area contributed by atoms with Gasteiger partial charge in [0.2, 0.25) is 0 Å². The van der Waals surface area contributed by atoms with Crippen LogP contribution in [0.1, 0.15) is 37.3 Å². The Bertz CT molecular complexity index is 354. The van der Waals surface area contributed by atoms with Crippen molar-refractivity contribution < 1.29 is 0 Å². The second-order valence-corrected chi connectivity index (χ2v) is 6.00. The van der Waals surface area contributed by atoms with Crippen LogP contribution in [0.2, 0.25) is 0 Å². The second-order valence-electron chi connectivity index (χ2n) is 6.00. The van der Waals surface area contributed by atoms with E-state index in [2.05, 4.69) is 35.2 Å². The first-order chi connectivity index (χ1) is 8.86. The molecule has 1 aromatic carbocycles. The molecule has 0 radical (unpaired) electrons. The van der Waals surface area contributed by atoms with Gasteiger partial charge in [-0.2, -0.15) is 0 Å². The molecule has 2 aliphatic rings. The van der Waals surface area contributed by atoms with Crippen LogP contribution in [0.3, 0.4) is 0 Å². The van der Waals surface area contributed by atoms with E-state index < -0.39 is 0 Å². The molecule has 0 saturated heterocycles. The van der Waals surface area contributed by atoms with E-state index in [1.165, 1.54) is 44.3 Å². The number of rotatable bonds is 7. The van der Waals surface area contributed by atoms with Gasteiger partial charge in [-0.3, -0.25) is 4.90 Å². The topological polar surface area (TPSA) is 29.3 Å². The lowest BCUT2D eigenvalue weighted by molar-refractivity contribution is 0.185. The van der Waals surface area contributed by atoms with Crippen LogP contribution >= 0.6 is 0 Å². The Morgan fingerprint density at radius 2 is 1.56 bits per heavy atom. The SMILES string of the molecule is NCC(c1ccccc1)N(CC1CC1)CC1CC1. The minimum atomic E-state index is 0.424. The summed E-state index contributed by atoms with van der Waals surface area (Å²) < 4.78 is 0. The van der Waals surface area contributed by atoms with Crippen molar-refractivity contribution in [2.75, 3.05) is 19.6 Å². The van der Waals surface area contributed by atoms with Gasteiger partial charge in [-0.15, -0.1) is 0 Å². The van der Waals surface area contributed by atoms with Crippen molar-refractivity contribution in [2.24, 2.45) is 17.6 Å². The van der Waals surface area contributed by atoms with Crippen molar-refractivity contribution >= 4 is 0 Å². The number of hydrogen-bond donors (Lipinski definition) is 1. The molecule has 0 amide bonds. The minimum Gasteiger partial charge on any atom is -0.329 e.